The molecule has 0 bridgehead atoms. The number of rotatable bonds is 6. The standard InChI is InChI=1S/C27H35N5O3/c1-4-5-15-30-22-16-27(22)31(24(25(30)34)21-9-7-6-8-10-21)23(33)18-29(3)32(27)26(35)28-17-20-13-11-19(2)12-14-20/h6-11,13-14,19,22,24H,4-5,12,15-18H2,1-3H3,(H,28,35)/t19?,22?,24-,27+/m0/s1. The van der Waals surface area contributed by atoms with Gasteiger partial charge in [-0.3, -0.25) is 14.5 Å². The Kier molecular flexibility index (Phi) is 6.17. The van der Waals surface area contributed by atoms with Crippen molar-refractivity contribution in [1.82, 2.24) is 25.1 Å². The highest BCUT2D eigenvalue weighted by Gasteiger charge is 2.75. The second-order valence-electron chi connectivity index (χ2n) is 10.2. The summed E-state index contributed by atoms with van der Waals surface area (Å²) in [7, 11) is 1.78. The van der Waals surface area contributed by atoms with Crippen LogP contribution in [0.4, 0.5) is 4.79 Å². The molecule has 1 N–H and O–H groups in total. The molecule has 4 aliphatic rings. The number of amides is 4. The molecule has 4 atom stereocenters. The van der Waals surface area contributed by atoms with Crippen LogP contribution in [0.25, 0.3) is 0 Å². The summed E-state index contributed by atoms with van der Waals surface area (Å²) in [5.74, 6) is 0.341. The van der Waals surface area contributed by atoms with Crippen LogP contribution in [0.3, 0.4) is 0 Å². The Labute approximate surface area is 207 Å². The minimum Gasteiger partial charge on any atom is -0.333 e. The van der Waals surface area contributed by atoms with Gasteiger partial charge in [-0.2, -0.15) is 0 Å². The summed E-state index contributed by atoms with van der Waals surface area (Å²) in [5, 5.41) is 6.50. The lowest BCUT2D eigenvalue weighted by Crippen LogP contribution is -2.74. The van der Waals surface area contributed by atoms with Crippen molar-refractivity contribution < 1.29 is 14.4 Å². The van der Waals surface area contributed by atoms with Crippen LogP contribution in [-0.4, -0.2) is 76.0 Å². The third-order valence-electron chi connectivity index (χ3n) is 7.67. The molecule has 35 heavy (non-hydrogen) atoms. The molecule has 5 rings (SSSR count). The second kappa shape index (κ2) is 9.15. The molecule has 2 aliphatic heterocycles. The zero-order valence-corrected chi connectivity index (χ0v) is 20.8. The van der Waals surface area contributed by atoms with Crippen LogP contribution in [0.1, 0.15) is 51.1 Å². The molecule has 186 valence electrons. The number of benzene rings is 1. The van der Waals surface area contributed by atoms with Gasteiger partial charge in [-0.1, -0.05) is 68.8 Å². The molecule has 2 aliphatic carbocycles. The van der Waals surface area contributed by atoms with E-state index >= 15 is 0 Å². The summed E-state index contributed by atoms with van der Waals surface area (Å²) in [6.07, 6.45) is 9.77. The van der Waals surface area contributed by atoms with E-state index in [1.165, 1.54) is 0 Å². The first-order chi connectivity index (χ1) is 16.9. The van der Waals surface area contributed by atoms with E-state index < -0.39 is 11.7 Å². The molecule has 1 saturated carbocycles. The van der Waals surface area contributed by atoms with E-state index in [0.717, 1.165) is 30.4 Å². The van der Waals surface area contributed by atoms with Crippen molar-refractivity contribution in [3.05, 3.63) is 59.7 Å². The molecular weight excluding hydrogens is 442 g/mol. The molecule has 1 aromatic rings. The fraction of sp³-hybridized carbons (Fsp3) is 0.519. The number of piperazine rings is 1. The average Bonchev–Trinajstić information content (AvgIpc) is 3.57. The molecule has 0 aromatic heterocycles. The quantitative estimate of drug-likeness (QED) is 0.683. The van der Waals surface area contributed by atoms with Crippen LogP contribution >= 0.6 is 0 Å². The number of nitrogens with one attached hydrogen (secondary N) is 1. The summed E-state index contributed by atoms with van der Waals surface area (Å²) < 4.78 is 0. The first kappa shape index (κ1) is 23.6. The molecule has 1 spiro atoms. The third kappa shape index (κ3) is 3.93. The van der Waals surface area contributed by atoms with E-state index in [4.69, 9.17) is 0 Å². The van der Waals surface area contributed by atoms with Gasteiger partial charge in [0.1, 0.15) is 6.04 Å². The second-order valence-corrected chi connectivity index (χ2v) is 10.2. The fourth-order valence-corrected chi connectivity index (χ4v) is 5.82. The van der Waals surface area contributed by atoms with Crippen LogP contribution in [0.2, 0.25) is 0 Å². The first-order valence-corrected chi connectivity index (χ1v) is 12.7. The first-order valence-electron chi connectivity index (χ1n) is 12.7. The maximum absolute atomic E-state index is 13.8. The predicted octanol–water partition coefficient (Wildman–Crippen LogP) is 3.06. The van der Waals surface area contributed by atoms with Gasteiger partial charge in [-0.25, -0.2) is 14.8 Å². The van der Waals surface area contributed by atoms with Crippen LogP contribution in [0, 0.1) is 5.92 Å². The van der Waals surface area contributed by atoms with Crippen molar-refractivity contribution >= 4 is 17.8 Å². The Bertz CT molecular complexity index is 1070. The van der Waals surface area contributed by atoms with Crippen molar-refractivity contribution in [3.63, 3.8) is 0 Å². The summed E-state index contributed by atoms with van der Waals surface area (Å²) in [6.45, 7) is 5.38. The van der Waals surface area contributed by atoms with Crippen LogP contribution < -0.4 is 5.32 Å². The normalized spacial score (nSPS) is 30.1. The van der Waals surface area contributed by atoms with Crippen molar-refractivity contribution in [3.8, 4) is 0 Å². The third-order valence-corrected chi connectivity index (χ3v) is 7.67. The summed E-state index contributed by atoms with van der Waals surface area (Å²) >= 11 is 0. The zero-order chi connectivity index (χ0) is 24.7. The summed E-state index contributed by atoms with van der Waals surface area (Å²) in [5.41, 5.74) is 1.01. The Hall–Kier alpha value is -3.13. The highest BCUT2D eigenvalue weighted by atomic mass is 16.2. The van der Waals surface area contributed by atoms with E-state index in [1.807, 2.05) is 35.2 Å². The zero-order valence-electron chi connectivity index (χ0n) is 20.8. The smallest absolute Gasteiger partial charge is 0.333 e. The minimum absolute atomic E-state index is 0.0485. The molecule has 8 heteroatoms. The lowest BCUT2D eigenvalue weighted by atomic mass is 9.98. The molecule has 2 heterocycles. The van der Waals surface area contributed by atoms with Crippen molar-refractivity contribution in [2.75, 3.05) is 26.7 Å². The van der Waals surface area contributed by atoms with Gasteiger partial charge < -0.3 is 10.2 Å². The van der Waals surface area contributed by atoms with E-state index in [1.54, 1.807) is 22.0 Å². The lowest BCUT2D eigenvalue weighted by Gasteiger charge is -2.55. The van der Waals surface area contributed by atoms with Gasteiger partial charge in [-0.05, 0) is 29.9 Å². The van der Waals surface area contributed by atoms with Crippen LogP contribution in [-0.2, 0) is 9.59 Å². The fourth-order valence-electron chi connectivity index (χ4n) is 5.82. The van der Waals surface area contributed by atoms with Crippen molar-refractivity contribution in [2.45, 2.75) is 57.3 Å². The number of likely N-dealkylation sites (N-methyl/N-ethyl adjacent to an activating group) is 1. The molecule has 2 unspecified atom stereocenters. The van der Waals surface area contributed by atoms with E-state index in [0.29, 0.717) is 25.4 Å². The van der Waals surface area contributed by atoms with Gasteiger partial charge in [0.15, 0.2) is 5.66 Å². The number of unbranched alkanes of at least 4 members (excludes halogenated alkanes) is 1. The van der Waals surface area contributed by atoms with Gasteiger partial charge in [0.05, 0.1) is 12.6 Å². The number of hydrogen-bond donors (Lipinski definition) is 1. The maximum atomic E-state index is 13.8. The maximum Gasteiger partial charge on any atom is 0.334 e. The molecule has 8 nitrogen and oxygen atoms in total. The molecule has 3 fully saturated rings. The lowest BCUT2D eigenvalue weighted by molar-refractivity contribution is -0.192. The Morgan fingerprint density at radius 3 is 2.66 bits per heavy atom. The van der Waals surface area contributed by atoms with E-state index in [-0.39, 0.29) is 30.4 Å². The minimum atomic E-state index is -0.859. The van der Waals surface area contributed by atoms with Gasteiger partial charge in [-0.15, -0.1) is 0 Å². The molecular formula is C27H35N5O3. The highest BCUT2D eigenvalue weighted by molar-refractivity contribution is 5.94. The number of carbonyl (C=O) groups excluding carboxylic acids is 3. The molecule has 4 amide bonds. The van der Waals surface area contributed by atoms with E-state index in [9.17, 15) is 14.4 Å². The van der Waals surface area contributed by atoms with Gasteiger partial charge in [0.25, 0.3) is 5.91 Å². The summed E-state index contributed by atoms with van der Waals surface area (Å²) in [6, 6.07) is 8.32. The number of hydrazine groups is 1. The average molecular weight is 478 g/mol. The number of carbonyl (C=O) groups is 3. The van der Waals surface area contributed by atoms with Crippen LogP contribution in [0.5, 0.6) is 0 Å². The van der Waals surface area contributed by atoms with Crippen LogP contribution in [0.15, 0.2) is 54.1 Å². The number of urea groups is 1. The molecule has 1 aromatic carbocycles. The van der Waals surface area contributed by atoms with Gasteiger partial charge >= 0.3 is 6.03 Å². The van der Waals surface area contributed by atoms with Gasteiger partial charge in [0.2, 0.25) is 5.91 Å². The largest absolute Gasteiger partial charge is 0.334 e. The number of hydrogen-bond acceptors (Lipinski definition) is 4. The Morgan fingerprint density at radius 1 is 1.20 bits per heavy atom. The topological polar surface area (TPSA) is 76.2 Å². The Morgan fingerprint density at radius 2 is 1.97 bits per heavy atom. The number of nitrogens with zero attached hydrogens (tertiary/aromatic N) is 4. The van der Waals surface area contributed by atoms with E-state index in [2.05, 4.69) is 37.4 Å². The monoisotopic (exact) mass is 477 g/mol. The Balaban J connectivity index is 1.47. The van der Waals surface area contributed by atoms with Gasteiger partial charge in [0, 0.05) is 26.6 Å². The van der Waals surface area contributed by atoms with Crippen molar-refractivity contribution in [2.24, 2.45) is 5.92 Å². The van der Waals surface area contributed by atoms with Crippen molar-refractivity contribution in [1.29, 1.82) is 0 Å². The summed E-state index contributed by atoms with van der Waals surface area (Å²) in [4.78, 5) is 44.5. The molecule has 2 saturated heterocycles. The predicted molar refractivity (Wildman–Crippen MR) is 133 cm³/mol. The highest BCUT2D eigenvalue weighted by Crippen LogP contribution is 2.57. The SMILES string of the molecule is CCCCN1C(=O)[C@H](c2ccccc2)N2C(=O)CN(C)N(C(=O)NCC3=CCC(C)C=C3)[C@@]23CC13. The number of allylic oxidation sites excluding steroid dienone is 2. The molecule has 0 radical (unpaired) electrons.